The Morgan fingerprint density at radius 1 is 1.50 bits per heavy atom. The van der Waals surface area contributed by atoms with Crippen molar-refractivity contribution in [3.05, 3.63) is 28.9 Å². The first kappa shape index (κ1) is 13.0. The Labute approximate surface area is 120 Å². The van der Waals surface area contributed by atoms with Gasteiger partial charge in [0.05, 0.1) is 6.61 Å². The third kappa shape index (κ3) is 3.30. The zero-order valence-corrected chi connectivity index (χ0v) is 11.8. The number of aryl methyl sites for hydroxylation is 1. The molecule has 0 saturated heterocycles. The Morgan fingerprint density at radius 2 is 2.35 bits per heavy atom. The summed E-state index contributed by atoms with van der Waals surface area (Å²) in [5.74, 6) is 0.900. The Morgan fingerprint density at radius 3 is 3.05 bits per heavy atom. The van der Waals surface area contributed by atoms with Crippen LogP contribution < -0.4 is 10.1 Å². The number of ether oxygens (including phenoxy) is 1. The van der Waals surface area contributed by atoms with Gasteiger partial charge in [-0.05, 0) is 31.7 Å². The van der Waals surface area contributed by atoms with Crippen molar-refractivity contribution in [2.24, 2.45) is 5.92 Å². The third-order valence-corrected chi connectivity index (χ3v) is 3.66. The van der Waals surface area contributed by atoms with Crippen molar-refractivity contribution in [2.45, 2.75) is 19.8 Å². The second kappa shape index (κ2) is 5.54. The van der Waals surface area contributed by atoms with E-state index in [1.165, 1.54) is 24.2 Å². The van der Waals surface area contributed by atoms with Gasteiger partial charge in [-0.15, -0.1) is 10.2 Å². The fourth-order valence-corrected chi connectivity index (χ4v) is 2.22. The molecule has 6 nitrogen and oxygen atoms in total. The molecule has 1 saturated carbocycles. The molecule has 2 aromatic heterocycles. The van der Waals surface area contributed by atoms with Crippen LogP contribution >= 0.6 is 11.3 Å². The van der Waals surface area contributed by atoms with Gasteiger partial charge >= 0.3 is 0 Å². The number of hydrogen-bond donors (Lipinski definition) is 1. The van der Waals surface area contributed by atoms with Gasteiger partial charge < -0.3 is 4.74 Å². The molecule has 1 aliphatic carbocycles. The first-order valence-electron chi connectivity index (χ1n) is 6.41. The number of carbonyl (C=O) groups is 1. The van der Waals surface area contributed by atoms with Gasteiger partial charge in [0.15, 0.2) is 0 Å². The van der Waals surface area contributed by atoms with E-state index in [2.05, 4.69) is 20.5 Å². The second-order valence-corrected chi connectivity index (χ2v) is 5.90. The molecule has 20 heavy (non-hydrogen) atoms. The summed E-state index contributed by atoms with van der Waals surface area (Å²) in [5.41, 5.74) is 0.499. The molecule has 1 fully saturated rings. The molecule has 104 valence electrons. The van der Waals surface area contributed by atoms with Gasteiger partial charge in [-0.3, -0.25) is 10.1 Å². The molecular formula is C13H14N4O2S. The van der Waals surface area contributed by atoms with Crippen molar-refractivity contribution in [1.82, 2.24) is 15.2 Å². The summed E-state index contributed by atoms with van der Waals surface area (Å²) in [6, 6.07) is 3.29. The van der Waals surface area contributed by atoms with E-state index in [0.29, 0.717) is 29.1 Å². The molecule has 0 atom stereocenters. The molecular weight excluding hydrogens is 276 g/mol. The predicted molar refractivity (Wildman–Crippen MR) is 75.1 cm³/mol. The molecule has 0 bridgehead atoms. The molecule has 0 unspecified atom stereocenters. The first-order chi connectivity index (χ1) is 9.70. The van der Waals surface area contributed by atoms with Crippen molar-refractivity contribution in [3.63, 3.8) is 0 Å². The minimum absolute atomic E-state index is 0.236. The van der Waals surface area contributed by atoms with E-state index >= 15 is 0 Å². The normalized spacial score (nSPS) is 14.1. The van der Waals surface area contributed by atoms with E-state index in [1.54, 1.807) is 18.3 Å². The molecule has 7 heteroatoms. The van der Waals surface area contributed by atoms with Crippen LogP contribution in [0.5, 0.6) is 5.88 Å². The summed E-state index contributed by atoms with van der Waals surface area (Å²) in [5, 5.41) is 11.7. The maximum absolute atomic E-state index is 12.1. The van der Waals surface area contributed by atoms with E-state index in [0.717, 1.165) is 5.01 Å². The number of carbonyl (C=O) groups excluding carboxylic acids is 1. The summed E-state index contributed by atoms with van der Waals surface area (Å²) >= 11 is 1.34. The zero-order valence-electron chi connectivity index (χ0n) is 11.0. The number of anilines is 1. The maximum atomic E-state index is 12.1. The van der Waals surface area contributed by atoms with Crippen molar-refractivity contribution < 1.29 is 9.53 Å². The predicted octanol–water partition coefficient (Wildman–Crippen LogP) is 2.28. The highest BCUT2D eigenvalue weighted by Gasteiger charge is 2.22. The van der Waals surface area contributed by atoms with Gasteiger partial charge in [-0.25, -0.2) is 4.98 Å². The standard InChI is InChI=1S/C13H14N4O2S/c1-8-16-17-13(20-8)15-12(18)10-4-5-14-11(6-10)19-7-9-2-3-9/h4-6,9H,2-3,7H2,1H3,(H,15,17,18). The van der Waals surface area contributed by atoms with Gasteiger partial charge in [-0.1, -0.05) is 11.3 Å². The number of aromatic nitrogens is 3. The SMILES string of the molecule is Cc1nnc(NC(=O)c2ccnc(OCC3CC3)c2)s1. The molecule has 0 radical (unpaired) electrons. The van der Waals surface area contributed by atoms with E-state index in [1.807, 2.05) is 6.92 Å². The third-order valence-electron chi connectivity index (χ3n) is 2.91. The average molecular weight is 290 g/mol. The smallest absolute Gasteiger partial charge is 0.257 e. The van der Waals surface area contributed by atoms with Crippen LogP contribution in [0.4, 0.5) is 5.13 Å². The number of pyridine rings is 1. The van der Waals surface area contributed by atoms with Crippen LogP contribution in [0, 0.1) is 12.8 Å². The van der Waals surface area contributed by atoms with Crippen molar-refractivity contribution >= 4 is 22.4 Å². The Kier molecular flexibility index (Phi) is 3.60. The highest BCUT2D eigenvalue weighted by molar-refractivity contribution is 7.15. The first-order valence-corrected chi connectivity index (χ1v) is 7.22. The molecule has 1 N–H and O–H groups in total. The summed E-state index contributed by atoms with van der Waals surface area (Å²) in [4.78, 5) is 16.2. The van der Waals surface area contributed by atoms with Gasteiger partial charge in [0.1, 0.15) is 5.01 Å². The maximum Gasteiger partial charge on any atom is 0.257 e. The number of amides is 1. The van der Waals surface area contributed by atoms with Gasteiger partial charge in [-0.2, -0.15) is 0 Å². The number of hydrogen-bond acceptors (Lipinski definition) is 6. The summed E-state index contributed by atoms with van der Waals surface area (Å²) in [6.45, 7) is 2.51. The van der Waals surface area contributed by atoms with Crippen LogP contribution in [0.2, 0.25) is 0 Å². The molecule has 2 heterocycles. The number of nitrogens with zero attached hydrogens (tertiary/aromatic N) is 3. The van der Waals surface area contributed by atoms with Crippen molar-refractivity contribution in [1.29, 1.82) is 0 Å². The van der Waals surface area contributed by atoms with E-state index in [4.69, 9.17) is 4.74 Å². The highest BCUT2D eigenvalue weighted by atomic mass is 32.1. The monoisotopic (exact) mass is 290 g/mol. The van der Waals surface area contributed by atoms with Crippen molar-refractivity contribution in [2.75, 3.05) is 11.9 Å². The lowest BCUT2D eigenvalue weighted by molar-refractivity contribution is 0.102. The minimum Gasteiger partial charge on any atom is -0.477 e. The van der Waals surface area contributed by atoms with Crippen LogP contribution in [-0.2, 0) is 0 Å². The van der Waals surface area contributed by atoms with Crippen LogP contribution in [0.15, 0.2) is 18.3 Å². The topological polar surface area (TPSA) is 77.0 Å². The zero-order chi connectivity index (χ0) is 13.9. The molecule has 1 aliphatic rings. The molecule has 0 spiro atoms. The minimum atomic E-state index is -0.236. The molecule has 1 amide bonds. The van der Waals surface area contributed by atoms with E-state index in [-0.39, 0.29) is 5.91 Å². The molecule has 3 rings (SSSR count). The van der Waals surface area contributed by atoms with Crippen LogP contribution in [-0.4, -0.2) is 27.7 Å². The average Bonchev–Trinajstić information content (AvgIpc) is 3.19. The Bertz CT molecular complexity index is 624. The lowest BCUT2D eigenvalue weighted by atomic mass is 10.2. The second-order valence-electron chi connectivity index (χ2n) is 4.72. The lowest BCUT2D eigenvalue weighted by Crippen LogP contribution is -2.12. The fourth-order valence-electron chi connectivity index (χ4n) is 1.63. The van der Waals surface area contributed by atoms with Crippen LogP contribution in [0.3, 0.4) is 0 Å². The Balaban J connectivity index is 1.65. The van der Waals surface area contributed by atoms with Crippen LogP contribution in [0.1, 0.15) is 28.2 Å². The number of rotatable bonds is 5. The van der Waals surface area contributed by atoms with Crippen molar-refractivity contribution in [3.8, 4) is 5.88 Å². The fraction of sp³-hybridized carbons (Fsp3) is 0.385. The van der Waals surface area contributed by atoms with Gasteiger partial charge in [0.25, 0.3) is 5.91 Å². The highest BCUT2D eigenvalue weighted by Crippen LogP contribution is 2.29. The van der Waals surface area contributed by atoms with E-state index < -0.39 is 0 Å². The van der Waals surface area contributed by atoms with Crippen LogP contribution in [0.25, 0.3) is 0 Å². The quantitative estimate of drug-likeness (QED) is 0.914. The lowest BCUT2D eigenvalue weighted by Gasteiger charge is -2.05. The van der Waals surface area contributed by atoms with E-state index in [9.17, 15) is 4.79 Å². The summed E-state index contributed by atoms with van der Waals surface area (Å²) < 4.78 is 5.56. The Hall–Kier alpha value is -2.02. The number of nitrogens with one attached hydrogen (secondary N) is 1. The molecule has 2 aromatic rings. The summed E-state index contributed by atoms with van der Waals surface area (Å²) in [6.07, 6.45) is 4.01. The summed E-state index contributed by atoms with van der Waals surface area (Å²) in [7, 11) is 0. The molecule has 0 aliphatic heterocycles. The largest absolute Gasteiger partial charge is 0.477 e. The van der Waals surface area contributed by atoms with Gasteiger partial charge in [0, 0.05) is 17.8 Å². The molecule has 0 aromatic carbocycles. The van der Waals surface area contributed by atoms with Gasteiger partial charge in [0.2, 0.25) is 11.0 Å².